The molecular weight excluding hydrogens is 605 g/mol. The molecule has 0 saturated heterocycles. The van der Waals surface area contributed by atoms with Crippen molar-refractivity contribution in [2.45, 2.75) is 0 Å². The quantitative estimate of drug-likeness (QED) is 0.403. The van der Waals surface area contributed by atoms with Gasteiger partial charge >= 0.3 is 0 Å². The summed E-state index contributed by atoms with van der Waals surface area (Å²) in [7, 11) is 0. The van der Waals surface area contributed by atoms with Gasteiger partial charge in [-0.2, -0.15) is 0 Å². The summed E-state index contributed by atoms with van der Waals surface area (Å²) < 4.78 is 3.26. The lowest BCUT2D eigenvalue weighted by Gasteiger charge is -2.05. The molecule has 0 atom stereocenters. The first-order chi connectivity index (χ1) is 10.2. The first-order valence-corrected chi connectivity index (χ1v) is 9.17. The van der Waals surface area contributed by atoms with E-state index in [-0.39, 0.29) is 0 Å². The minimum Gasteiger partial charge on any atom is -0.126 e. The van der Waals surface area contributed by atoms with Gasteiger partial charge in [-0.15, -0.1) is 20.4 Å². The summed E-state index contributed by atoms with van der Waals surface area (Å²) in [5.41, 5.74) is 1.93. The molecule has 4 nitrogen and oxygen atoms in total. The van der Waals surface area contributed by atoms with Crippen molar-refractivity contribution in [3.05, 3.63) is 53.2 Å². The Kier molecular flexibility index (Phi) is 4.99. The van der Waals surface area contributed by atoms with Gasteiger partial charge in [0.05, 0.1) is 0 Å². The highest BCUT2D eigenvalue weighted by Gasteiger charge is 2.13. The van der Waals surface area contributed by atoms with Gasteiger partial charge in [-0.25, -0.2) is 0 Å². The fourth-order valence-electron chi connectivity index (χ4n) is 1.79. The molecule has 7 heteroatoms. The SMILES string of the molecule is Ic1ccccc1-c1nnc(-c2c(I)cccc2I)nn1. The first-order valence-electron chi connectivity index (χ1n) is 5.93. The van der Waals surface area contributed by atoms with Crippen molar-refractivity contribution in [1.29, 1.82) is 0 Å². The van der Waals surface area contributed by atoms with Gasteiger partial charge in [-0.1, -0.05) is 18.2 Å². The van der Waals surface area contributed by atoms with Gasteiger partial charge < -0.3 is 0 Å². The molecule has 0 N–H and O–H groups in total. The summed E-state index contributed by atoms with van der Waals surface area (Å²) in [5.74, 6) is 1.10. The van der Waals surface area contributed by atoms with E-state index in [1.54, 1.807) is 0 Å². The van der Waals surface area contributed by atoms with E-state index in [1.807, 2.05) is 42.5 Å². The topological polar surface area (TPSA) is 51.6 Å². The molecule has 0 spiro atoms. The summed E-state index contributed by atoms with van der Waals surface area (Å²) in [5, 5.41) is 17.0. The van der Waals surface area contributed by atoms with Crippen LogP contribution in [0.3, 0.4) is 0 Å². The number of hydrogen-bond acceptors (Lipinski definition) is 4. The molecule has 0 radical (unpaired) electrons. The van der Waals surface area contributed by atoms with E-state index in [4.69, 9.17) is 0 Å². The number of aromatic nitrogens is 4. The van der Waals surface area contributed by atoms with E-state index in [9.17, 15) is 0 Å². The highest BCUT2D eigenvalue weighted by molar-refractivity contribution is 14.1. The number of halogens is 3. The normalized spacial score (nSPS) is 10.6. The van der Waals surface area contributed by atoms with Crippen LogP contribution in [-0.4, -0.2) is 20.4 Å². The lowest BCUT2D eigenvalue weighted by atomic mass is 10.2. The van der Waals surface area contributed by atoms with E-state index >= 15 is 0 Å². The van der Waals surface area contributed by atoms with Gasteiger partial charge in [-0.3, -0.25) is 0 Å². The third-order valence-corrected chi connectivity index (χ3v) is 5.52. The van der Waals surface area contributed by atoms with Gasteiger partial charge in [0.15, 0.2) is 0 Å². The standard InChI is InChI=1S/C14H7I3N4/c15-9-5-2-1-4-8(9)13-18-20-14(21-19-13)12-10(16)6-3-7-11(12)17/h1-7H. The van der Waals surface area contributed by atoms with Gasteiger partial charge in [0.2, 0.25) is 11.6 Å². The van der Waals surface area contributed by atoms with Crippen LogP contribution in [0.2, 0.25) is 0 Å². The lowest BCUT2D eigenvalue weighted by Crippen LogP contribution is -2.02. The minimum atomic E-state index is 0.546. The van der Waals surface area contributed by atoms with Crippen molar-refractivity contribution in [2.75, 3.05) is 0 Å². The summed E-state index contributed by atoms with van der Waals surface area (Å²) in [6.45, 7) is 0. The maximum Gasteiger partial charge on any atom is 0.205 e. The molecule has 0 saturated carbocycles. The number of benzene rings is 2. The van der Waals surface area contributed by atoms with Crippen molar-refractivity contribution in [3.8, 4) is 22.8 Å². The van der Waals surface area contributed by atoms with Crippen LogP contribution in [0.15, 0.2) is 42.5 Å². The zero-order chi connectivity index (χ0) is 14.8. The van der Waals surface area contributed by atoms with Crippen LogP contribution in [0.25, 0.3) is 22.8 Å². The maximum atomic E-state index is 4.25. The molecule has 3 rings (SSSR count). The second-order valence-corrected chi connectivity index (χ2v) is 7.61. The van der Waals surface area contributed by atoms with Gasteiger partial charge in [0.25, 0.3) is 0 Å². The Morgan fingerprint density at radius 3 is 1.71 bits per heavy atom. The molecule has 0 aliphatic carbocycles. The smallest absolute Gasteiger partial charge is 0.126 e. The third kappa shape index (κ3) is 3.33. The monoisotopic (exact) mass is 612 g/mol. The highest BCUT2D eigenvalue weighted by atomic mass is 127. The summed E-state index contributed by atoms with van der Waals surface area (Å²) in [4.78, 5) is 0. The Morgan fingerprint density at radius 2 is 1.10 bits per heavy atom. The molecule has 104 valence electrons. The van der Waals surface area contributed by atoms with E-state index in [2.05, 4.69) is 88.2 Å². The molecule has 2 aromatic carbocycles. The van der Waals surface area contributed by atoms with E-state index < -0.39 is 0 Å². The fraction of sp³-hybridized carbons (Fsp3) is 0. The predicted octanol–water partition coefficient (Wildman–Crippen LogP) is 4.41. The van der Waals surface area contributed by atoms with Crippen LogP contribution < -0.4 is 0 Å². The molecule has 0 amide bonds. The largest absolute Gasteiger partial charge is 0.205 e. The highest BCUT2D eigenvalue weighted by Crippen LogP contribution is 2.27. The van der Waals surface area contributed by atoms with Crippen molar-refractivity contribution >= 4 is 67.8 Å². The Hall–Kier alpha value is -0.430. The van der Waals surface area contributed by atoms with Crippen LogP contribution in [-0.2, 0) is 0 Å². The zero-order valence-corrected chi connectivity index (χ0v) is 16.9. The van der Waals surface area contributed by atoms with Gasteiger partial charge in [0, 0.05) is 21.8 Å². The summed E-state index contributed by atoms with van der Waals surface area (Å²) >= 11 is 6.80. The molecule has 1 heterocycles. The molecular formula is C14H7I3N4. The van der Waals surface area contributed by atoms with Crippen LogP contribution >= 0.6 is 67.8 Å². The van der Waals surface area contributed by atoms with Crippen molar-refractivity contribution in [3.63, 3.8) is 0 Å². The first kappa shape index (κ1) is 15.5. The second kappa shape index (κ2) is 6.77. The molecule has 1 aromatic heterocycles. The third-order valence-electron chi connectivity index (χ3n) is 2.78. The Bertz CT molecular complexity index is 770. The van der Waals surface area contributed by atoms with E-state index in [0.717, 1.165) is 21.8 Å². The molecule has 0 aliphatic rings. The molecule has 3 aromatic rings. The Labute approximate surface area is 162 Å². The Balaban J connectivity index is 2.04. The molecule has 0 unspecified atom stereocenters. The number of rotatable bonds is 2. The second-order valence-electron chi connectivity index (χ2n) is 4.12. The lowest BCUT2D eigenvalue weighted by molar-refractivity contribution is 0.874. The number of nitrogens with zero attached hydrogens (tertiary/aromatic N) is 4. The van der Waals surface area contributed by atoms with Crippen molar-refractivity contribution < 1.29 is 0 Å². The average Bonchev–Trinajstić information content (AvgIpc) is 2.48. The van der Waals surface area contributed by atoms with Crippen LogP contribution in [0, 0.1) is 10.7 Å². The van der Waals surface area contributed by atoms with Gasteiger partial charge in [-0.05, 0) is 92.0 Å². The van der Waals surface area contributed by atoms with Crippen LogP contribution in [0.5, 0.6) is 0 Å². The summed E-state index contributed by atoms with van der Waals surface area (Å²) in [6.07, 6.45) is 0. The Morgan fingerprint density at radius 1 is 0.571 bits per heavy atom. The maximum absolute atomic E-state index is 4.25. The number of hydrogen-bond donors (Lipinski definition) is 0. The fourth-order valence-corrected chi connectivity index (χ4v) is 4.41. The summed E-state index contributed by atoms with van der Waals surface area (Å²) in [6, 6.07) is 14.0. The van der Waals surface area contributed by atoms with Crippen LogP contribution in [0.1, 0.15) is 0 Å². The van der Waals surface area contributed by atoms with E-state index in [0.29, 0.717) is 11.6 Å². The minimum absolute atomic E-state index is 0.546. The van der Waals surface area contributed by atoms with Crippen molar-refractivity contribution in [1.82, 2.24) is 20.4 Å². The predicted molar refractivity (Wildman–Crippen MR) is 107 cm³/mol. The van der Waals surface area contributed by atoms with E-state index in [1.165, 1.54) is 0 Å². The van der Waals surface area contributed by atoms with Crippen molar-refractivity contribution in [2.24, 2.45) is 0 Å². The van der Waals surface area contributed by atoms with Gasteiger partial charge in [0.1, 0.15) is 0 Å². The van der Waals surface area contributed by atoms with Crippen LogP contribution in [0.4, 0.5) is 0 Å². The zero-order valence-electron chi connectivity index (χ0n) is 10.5. The molecule has 21 heavy (non-hydrogen) atoms. The molecule has 0 bridgehead atoms. The average molecular weight is 612 g/mol. The molecule has 0 fully saturated rings. The molecule has 0 aliphatic heterocycles.